The molecule has 0 spiro atoms. The Hall–Kier alpha value is -3.88. The smallest absolute Gasteiger partial charge is 0.301 e. The third kappa shape index (κ3) is 3.93. The number of hydrogen-bond acceptors (Lipinski definition) is 7. The molecular weight excluding hydrogens is 512 g/mol. The van der Waals surface area contributed by atoms with Crippen LogP contribution in [0.3, 0.4) is 0 Å². The van der Waals surface area contributed by atoms with E-state index in [1.807, 2.05) is 26.0 Å². The Kier molecular flexibility index (Phi) is 5.66. The van der Waals surface area contributed by atoms with Gasteiger partial charge in [-0.05, 0) is 66.9 Å². The number of amides is 1. The number of nitrogens with zero attached hydrogens (tertiary/aromatic N) is 2. The lowest BCUT2D eigenvalue weighted by atomic mass is 9.95. The van der Waals surface area contributed by atoms with Crippen LogP contribution in [0.15, 0.2) is 60.2 Å². The van der Waals surface area contributed by atoms with Crippen LogP contribution in [0.2, 0.25) is 5.02 Å². The quantitative estimate of drug-likeness (QED) is 0.199. The molecule has 1 N–H and O–H groups in total. The predicted molar refractivity (Wildman–Crippen MR) is 143 cm³/mol. The van der Waals surface area contributed by atoms with Crippen LogP contribution >= 0.6 is 22.9 Å². The van der Waals surface area contributed by atoms with E-state index in [4.69, 9.17) is 26.1 Å². The van der Waals surface area contributed by atoms with Crippen molar-refractivity contribution in [2.24, 2.45) is 0 Å². The number of carbonyl (C=O) groups excluding carboxylic acids is 2. The van der Waals surface area contributed by atoms with Crippen molar-refractivity contribution in [3.8, 4) is 11.5 Å². The van der Waals surface area contributed by atoms with E-state index in [-0.39, 0.29) is 11.3 Å². The average molecular weight is 533 g/mol. The molecule has 1 atom stereocenters. The van der Waals surface area contributed by atoms with Crippen LogP contribution in [0.1, 0.15) is 28.3 Å². The fourth-order valence-corrected chi connectivity index (χ4v) is 6.20. The van der Waals surface area contributed by atoms with Gasteiger partial charge in [-0.3, -0.25) is 14.5 Å². The van der Waals surface area contributed by atoms with Crippen LogP contribution in [0.4, 0.5) is 5.13 Å². The zero-order chi connectivity index (χ0) is 25.8. The number of ketones is 1. The second-order valence-corrected chi connectivity index (χ2v) is 10.5. The number of Topliss-reactive ketones (excluding diaryl/α,β-unsaturated/α-hetero) is 1. The highest BCUT2D eigenvalue weighted by atomic mass is 35.5. The fourth-order valence-electron chi connectivity index (χ4n) is 4.83. The van der Waals surface area contributed by atoms with Gasteiger partial charge in [0.15, 0.2) is 16.6 Å². The third-order valence-electron chi connectivity index (χ3n) is 6.45. The molecule has 0 unspecified atom stereocenters. The molecule has 37 heavy (non-hydrogen) atoms. The summed E-state index contributed by atoms with van der Waals surface area (Å²) in [4.78, 5) is 33.1. The minimum atomic E-state index is -0.922. The molecule has 0 aliphatic carbocycles. The molecule has 4 aromatic rings. The summed E-state index contributed by atoms with van der Waals surface area (Å²) in [6, 6.07) is 14.9. The maximum absolute atomic E-state index is 13.5. The van der Waals surface area contributed by atoms with E-state index in [1.165, 1.54) is 16.2 Å². The highest BCUT2D eigenvalue weighted by Gasteiger charge is 2.48. The Morgan fingerprint density at radius 3 is 2.62 bits per heavy atom. The summed E-state index contributed by atoms with van der Waals surface area (Å²) in [7, 11) is 0. The van der Waals surface area contributed by atoms with E-state index in [0.29, 0.717) is 46.0 Å². The van der Waals surface area contributed by atoms with Crippen molar-refractivity contribution in [2.75, 3.05) is 18.1 Å². The van der Waals surface area contributed by atoms with Gasteiger partial charge >= 0.3 is 5.91 Å². The summed E-state index contributed by atoms with van der Waals surface area (Å²) in [5.41, 5.74) is 3.69. The van der Waals surface area contributed by atoms with Crippen molar-refractivity contribution >= 4 is 55.7 Å². The largest absolute Gasteiger partial charge is 0.507 e. The van der Waals surface area contributed by atoms with Gasteiger partial charge in [0, 0.05) is 10.6 Å². The number of carbonyl (C=O) groups is 2. The van der Waals surface area contributed by atoms with E-state index in [9.17, 15) is 14.7 Å². The van der Waals surface area contributed by atoms with Gasteiger partial charge in [0.1, 0.15) is 19.0 Å². The number of ether oxygens (including phenoxy) is 2. The van der Waals surface area contributed by atoms with Crippen molar-refractivity contribution in [3.63, 3.8) is 0 Å². The number of aliphatic hydroxyl groups is 1. The average Bonchev–Trinajstić information content (AvgIpc) is 3.42. The predicted octanol–water partition coefficient (Wildman–Crippen LogP) is 5.96. The van der Waals surface area contributed by atoms with E-state index in [1.54, 1.807) is 42.5 Å². The maximum Gasteiger partial charge on any atom is 0.301 e. The Labute approximate surface area is 221 Å². The standard InChI is InChI=1S/C28H21ClN2O5S/c1-14-10-15(2)23-21(11-14)37-28(30-23)31-24(16-4-3-5-18(29)12-16)22(26(33)27(31)34)25(32)17-6-7-19-20(13-17)36-9-8-35-19/h3-7,10-13,24,32H,8-9H2,1-2H3/t24-/m0/s1. The Bertz CT molecular complexity index is 1640. The van der Waals surface area contributed by atoms with Crippen molar-refractivity contribution < 1.29 is 24.2 Å². The SMILES string of the molecule is Cc1cc(C)c2nc(N3C(=O)C(=O)C(=C(O)c4ccc5c(c4)OCCO5)[C@@H]3c3cccc(Cl)c3)sc2c1. The van der Waals surface area contributed by atoms with Crippen LogP contribution < -0.4 is 14.4 Å². The van der Waals surface area contributed by atoms with Crippen LogP contribution in [-0.2, 0) is 9.59 Å². The van der Waals surface area contributed by atoms with E-state index >= 15 is 0 Å². The van der Waals surface area contributed by atoms with Gasteiger partial charge in [-0.2, -0.15) is 0 Å². The van der Waals surface area contributed by atoms with Gasteiger partial charge in [-0.1, -0.05) is 41.1 Å². The topological polar surface area (TPSA) is 89.0 Å². The van der Waals surface area contributed by atoms with Gasteiger partial charge in [0.25, 0.3) is 5.78 Å². The molecule has 2 aliphatic rings. The van der Waals surface area contributed by atoms with Gasteiger partial charge in [0.05, 0.1) is 21.8 Å². The van der Waals surface area contributed by atoms with Gasteiger partial charge < -0.3 is 14.6 Å². The number of fused-ring (bicyclic) bond motifs is 2. The van der Waals surface area contributed by atoms with Crippen molar-refractivity contribution in [2.45, 2.75) is 19.9 Å². The van der Waals surface area contributed by atoms with E-state index in [2.05, 4.69) is 0 Å². The first-order valence-corrected chi connectivity index (χ1v) is 12.9. The molecule has 6 rings (SSSR count). The molecule has 1 amide bonds. The van der Waals surface area contributed by atoms with Crippen molar-refractivity contribution in [1.82, 2.24) is 4.98 Å². The molecule has 3 heterocycles. The number of halogens is 1. The van der Waals surface area contributed by atoms with Crippen molar-refractivity contribution in [1.29, 1.82) is 0 Å². The monoisotopic (exact) mass is 532 g/mol. The molecule has 0 saturated carbocycles. The van der Waals surface area contributed by atoms with Gasteiger partial charge in [0.2, 0.25) is 0 Å². The summed E-state index contributed by atoms with van der Waals surface area (Å²) in [6.07, 6.45) is 0. The summed E-state index contributed by atoms with van der Waals surface area (Å²) >= 11 is 7.63. The number of anilines is 1. The first-order chi connectivity index (χ1) is 17.8. The summed E-state index contributed by atoms with van der Waals surface area (Å²) in [6.45, 7) is 4.76. The Morgan fingerprint density at radius 1 is 1.05 bits per heavy atom. The molecule has 1 saturated heterocycles. The molecule has 7 nitrogen and oxygen atoms in total. The zero-order valence-corrected chi connectivity index (χ0v) is 21.5. The highest BCUT2D eigenvalue weighted by molar-refractivity contribution is 7.22. The molecule has 9 heteroatoms. The summed E-state index contributed by atoms with van der Waals surface area (Å²) in [5, 5.41) is 12.2. The van der Waals surface area contributed by atoms with Crippen molar-refractivity contribution in [3.05, 3.63) is 87.4 Å². The first kappa shape index (κ1) is 23.5. The molecular formula is C28H21ClN2O5S. The van der Waals surface area contributed by atoms with Crippen LogP contribution in [-0.4, -0.2) is 35.0 Å². The zero-order valence-electron chi connectivity index (χ0n) is 19.9. The molecule has 3 aromatic carbocycles. The van der Waals surface area contributed by atoms with Gasteiger partial charge in [-0.25, -0.2) is 4.98 Å². The lowest BCUT2D eigenvalue weighted by Gasteiger charge is -2.23. The van der Waals surface area contributed by atoms with Crippen LogP contribution in [0.5, 0.6) is 11.5 Å². The molecule has 0 bridgehead atoms. The number of aryl methyl sites for hydroxylation is 2. The molecule has 1 aromatic heterocycles. The summed E-state index contributed by atoms with van der Waals surface area (Å²) in [5.74, 6) is -0.867. The maximum atomic E-state index is 13.5. The lowest BCUT2D eigenvalue weighted by molar-refractivity contribution is -0.132. The number of thiazole rings is 1. The minimum Gasteiger partial charge on any atom is -0.507 e. The number of benzene rings is 3. The first-order valence-electron chi connectivity index (χ1n) is 11.7. The highest BCUT2D eigenvalue weighted by Crippen LogP contribution is 2.45. The summed E-state index contributed by atoms with van der Waals surface area (Å²) < 4.78 is 12.1. The minimum absolute atomic E-state index is 0.0453. The second-order valence-electron chi connectivity index (χ2n) is 9.01. The number of aromatic nitrogens is 1. The molecule has 1 fully saturated rings. The molecule has 2 aliphatic heterocycles. The van der Waals surface area contributed by atoms with E-state index < -0.39 is 17.7 Å². The van der Waals surface area contributed by atoms with Crippen LogP contribution in [0.25, 0.3) is 16.0 Å². The van der Waals surface area contributed by atoms with E-state index in [0.717, 1.165) is 21.3 Å². The third-order valence-corrected chi connectivity index (χ3v) is 7.69. The Balaban J connectivity index is 1.55. The fraction of sp³-hybridized carbons (Fsp3) is 0.179. The normalized spacial score (nSPS) is 18.6. The number of hydrogen-bond donors (Lipinski definition) is 1. The van der Waals surface area contributed by atoms with Crippen LogP contribution in [0, 0.1) is 13.8 Å². The second kappa shape index (κ2) is 8.90. The Morgan fingerprint density at radius 2 is 1.84 bits per heavy atom. The lowest BCUT2D eigenvalue weighted by Crippen LogP contribution is -2.29. The molecule has 186 valence electrons. The number of aliphatic hydroxyl groups excluding tert-OH is 1. The molecule has 0 radical (unpaired) electrons. The van der Waals surface area contributed by atoms with Gasteiger partial charge in [-0.15, -0.1) is 0 Å². The number of rotatable bonds is 3.